The topological polar surface area (TPSA) is 88.5 Å². The predicted octanol–water partition coefficient (Wildman–Crippen LogP) is 7.18. The molecule has 44 heavy (non-hydrogen) atoms. The third-order valence-corrected chi connectivity index (χ3v) is 8.14. The summed E-state index contributed by atoms with van der Waals surface area (Å²) in [6.45, 7) is 1.33. The fraction of sp³-hybridized carbons (Fsp3) is 0.233. The normalized spacial score (nSPS) is 13.6. The number of ether oxygens (including phenoxy) is 1. The molecule has 2 aromatic heterocycles. The number of nitrogens with one attached hydrogen (secondary N) is 2. The zero-order chi connectivity index (χ0) is 31.4. The van der Waals surface area contributed by atoms with Gasteiger partial charge in [0.15, 0.2) is 11.4 Å². The minimum atomic E-state index is -4.44. The second kappa shape index (κ2) is 13.3. The van der Waals surface area contributed by atoms with Crippen LogP contribution in [0.3, 0.4) is 0 Å². The van der Waals surface area contributed by atoms with E-state index < -0.39 is 23.7 Å². The standard InChI is InChI=1S/C30H24Cl2F3N5O3S/c1-36-29(42)43-27-25(28(41)38-39-15-3-2-4-16-39)37-40(23-13-10-20(31)17-22(23)32)26(27)24-14-12-21(44-24)11-7-18-5-8-19(9-6-18)30(33,34)35/h5-6,8-10,12-14,17H,2-4,15-16H2,1H3,(H,36,42)(H,38,41). The van der Waals surface area contributed by atoms with E-state index >= 15 is 0 Å². The molecule has 3 heterocycles. The first kappa shape index (κ1) is 31.4. The Morgan fingerprint density at radius 1 is 1.00 bits per heavy atom. The fourth-order valence-corrected chi connectivity index (χ4v) is 5.82. The molecule has 1 aliphatic rings. The molecule has 2 N–H and O–H groups in total. The van der Waals surface area contributed by atoms with Gasteiger partial charge in [-0.05, 0) is 67.4 Å². The molecule has 8 nitrogen and oxygen atoms in total. The summed E-state index contributed by atoms with van der Waals surface area (Å²) in [4.78, 5) is 27.1. The summed E-state index contributed by atoms with van der Waals surface area (Å²) in [7, 11) is 1.38. The summed E-state index contributed by atoms with van der Waals surface area (Å²) >= 11 is 13.9. The highest BCUT2D eigenvalue weighted by molar-refractivity contribution is 7.16. The number of alkyl halides is 3. The lowest BCUT2D eigenvalue weighted by molar-refractivity contribution is -0.137. The first-order valence-electron chi connectivity index (χ1n) is 13.4. The Labute approximate surface area is 264 Å². The molecule has 1 saturated heterocycles. The molecule has 1 aliphatic heterocycles. The lowest BCUT2D eigenvalue weighted by Crippen LogP contribution is -2.45. The van der Waals surface area contributed by atoms with Crippen molar-refractivity contribution >= 4 is 46.5 Å². The number of rotatable bonds is 5. The number of hydrogen-bond donors (Lipinski definition) is 2. The van der Waals surface area contributed by atoms with Crippen molar-refractivity contribution in [2.75, 3.05) is 20.1 Å². The van der Waals surface area contributed by atoms with Gasteiger partial charge in [-0.1, -0.05) is 41.5 Å². The summed E-state index contributed by atoms with van der Waals surface area (Å²) in [6, 6.07) is 12.7. The molecule has 0 aliphatic carbocycles. The first-order chi connectivity index (χ1) is 21.0. The van der Waals surface area contributed by atoms with Crippen LogP contribution >= 0.6 is 34.5 Å². The van der Waals surface area contributed by atoms with Crippen molar-refractivity contribution in [1.82, 2.24) is 25.5 Å². The lowest BCUT2D eigenvalue weighted by Gasteiger charge is -2.26. The van der Waals surface area contributed by atoms with Crippen LogP contribution in [0.15, 0.2) is 54.6 Å². The van der Waals surface area contributed by atoms with Gasteiger partial charge < -0.3 is 10.1 Å². The Morgan fingerprint density at radius 2 is 1.73 bits per heavy atom. The number of piperidine rings is 1. The molecule has 228 valence electrons. The molecular formula is C30H24Cl2F3N5O3S. The number of thiophene rings is 1. The molecule has 14 heteroatoms. The van der Waals surface area contributed by atoms with Crippen molar-refractivity contribution in [3.63, 3.8) is 0 Å². The summed E-state index contributed by atoms with van der Waals surface area (Å²) in [6.07, 6.45) is -2.35. The monoisotopic (exact) mass is 661 g/mol. The summed E-state index contributed by atoms with van der Waals surface area (Å²) in [5.74, 6) is 5.13. The van der Waals surface area contributed by atoms with E-state index in [0.717, 1.165) is 31.4 Å². The van der Waals surface area contributed by atoms with Crippen molar-refractivity contribution in [2.45, 2.75) is 25.4 Å². The van der Waals surface area contributed by atoms with E-state index in [4.69, 9.17) is 27.9 Å². The van der Waals surface area contributed by atoms with Crippen LogP contribution in [0.2, 0.25) is 10.0 Å². The van der Waals surface area contributed by atoms with Crippen molar-refractivity contribution in [1.29, 1.82) is 0 Å². The summed E-state index contributed by atoms with van der Waals surface area (Å²) < 4.78 is 45.8. The molecule has 0 saturated carbocycles. The van der Waals surface area contributed by atoms with Gasteiger partial charge in [0.2, 0.25) is 0 Å². The second-order valence-electron chi connectivity index (χ2n) is 9.65. The maximum atomic E-state index is 13.5. The van der Waals surface area contributed by atoms with E-state index in [1.807, 2.05) is 0 Å². The number of hydrazine groups is 1. The van der Waals surface area contributed by atoms with Crippen LogP contribution in [0, 0.1) is 11.8 Å². The fourth-order valence-electron chi connectivity index (χ4n) is 4.45. The number of hydrogen-bond acceptors (Lipinski definition) is 6. The minimum Gasteiger partial charge on any atom is -0.405 e. The maximum absolute atomic E-state index is 13.5. The van der Waals surface area contributed by atoms with Gasteiger partial charge >= 0.3 is 12.3 Å². The molecule has 2 aromatic carbocycles. The molecular weight excluding hydrogens is 638 g/mol. The van der Waals surface area contributed by atoms with Gasteiger partial charge in [-0.3, -0.25) is 10.2 Å². The molecule has 5 rings (SSSR count). The van der Waals surface area contributed by atoms with Crippen molar-refractivity contribution < 1.29 is 27.5 Å². The number of amides is 2. The van der Waals surface area contributed by atoms with Crippen molar-refractivity contribution in [3.05, 3.63) is 86.3 Å². The number of nitrogens with zero attached hydrogens (tertiary/aromatic N) is 3. The number of aromatic nitrogens is 2. The van der Waals surface area contributed by atoms with Crippen molar-refractivity contribution in [2.24, 2.45) is 0 Å². The van der Waals surface area contributed by atoms with Crippen molar-refractivity contribution in [3.8, 4) is 33.8 Å². The number of carbonyl (C=O) groups is 2. The Bertz CT molecular complexity index is 1750. The summed E-state index contributed by atoms with van der Waals surface area (Å²) in [5, 5.41) is 9.36. The van der Waals surface area contributed by atoms with E-state index in [0.29, 0.717) is 39.1 Å². The molecule has 0 unspecified atom stereocenters. The third-order valence-electron chi connectivity index (χ3n) is 6.59. The smallest absolute Gasteiger partial charge is 0.405 e. The Balaban J connectivity index is 1.59. The summed E-state index contributed by atoms with van der Waals surface area (Å²) in [5.41, 5.74) is 2.97. The van der Waals surface area contributed by atoms with Crippen LogP contribution in [0.4, 0.5) is 18.0 Å². The van der Waals surface area contributed by atoms with Gasteiger partial charge in [0.05, 0.1) is 26.0 Å². The van der Waals surface area contributed by atoms with Crippen LogP contribution in [0.1, 0.15) is 45.8 Å². The zero-order valence-electron chi connectivity index (χ0n) is 23.1. The van der Waals surface area contributed by atoms with Crippen LogP contribution in [-0.2, 0) is 6.18 Å². The van der Waals surface area contributed by atoms with Gasteiger partial charge in [-0.15, -0.1) is 11.3 Å². The van der Waals surface area contributed by atoms with Gasteiger partial charge in [-0.25, -0.2) is 14.5 Å². The van der Waals surface area contributed by atoms with E-state index in [1.54, 1.807) is 29.3 Å². The highest BCUT2D eigenvalue weighted by atomic mass is 35.5. The van der Waals surface area contributed by atoms with E-state index in [2.05, 4.69) is 27.7 Å². The predicted molar refractivity (Wildman–Crippen MR) is 162 cm³/mol. The largest absolute Gasteiger partial charge is 0.416 e. The van der Waals surface area contributed by atoms with Gasteiger partial charge in [0.1, 0.15) is 5.69 Å². The van der Waals surface area contributed by atoms with E-state index in [9.17, 15) is 22.8 Å². The number of halogens is 5. The lowest BCUT2D eigenvalue weighted by atomic mass is 10.1. The van der Waals surface area contributed by atoms with Gasteiger partial charge in [0, 0.05) is 30.7 Å². The van der Waals surface area contributed by atoms with Crippen LogP contribution in [0.25, 0.3) is 16.3 Å². The van der Waals surface area contributed by atoms with Gasteiger partial charge in [-0.2, -0.15) is 18.3 Å². The van der Waals surface area contributed by atoms with Crippen LogP contribution in [-0.4, -0.2) is 46.9 Å². The number of carbonyl (C=O) groups excluding carboxylic acids is 2. The molecule has 2 amide bonds. The Hall–Kier alpha value is -4.02. The van der Waals surface area contributed by atoms with E-state index in [-0.39, 0.29) is 22.2 Å². The number of benzene rings is 2. The van der Waals surface area contributed by atoms with Gasteiger partial charge in [0.25, 0.3) is 5.91 Å². The van der Waals surface area contributed by atoms with Crippen LogP contribution in [0.5, 0.6) is 5.75 Å². The molecule has 0 bridgehead atoms. The molecule has 0 radical (unpaired) electrons. The third kappa shape index (κ3) is 7.19. The quantitative estimate of drug-likeness (QED) is 0.221. The minimum absolute atomic E-state index is 0.103. The Kier molecular flexibility index (Phi) is 9.51. The molecule has 0 atom stereocenters. The second-order valence-corrected chi connectivity index (χ2v) is 11.6. The van der Waals surface area contributed by atoms with E-state index in [1.165, 1.54) is 41.3 Å². The average Bonchev–Trinajstić information content (AvgIpc) is 3.61. The SMILES string of the molecule is CNC(=O)Oc1c(C(=O)NN2CCCCC2)nn(-c2ccc(Cl)cc2Cl)c1-c1ccc(C#Cc2ccc(C(F)(F)F)cc2)s1. The highest BCUT2D eigenvalue weighted by Gasteiger charge is 2.31. The zero-order valence-corrected chi connectivity index (χ0v) is 25.4. The molecule has 0 spiro atoms. The average molecular weight is 663 g/mol. The van der Waals surface area contributed by atoms with Crippen LogP contribution < -0.4 is 15.5 Å². The Morgan fingerprint density at radius 3 is 2.39 bits per heavy atom. The first-order valence-corrected chi connectivity index (χ1v) is 14.9. The highest BCUT2D eigenvalue weighted by Crippen LogP contribution is 2.41. The maximum Gasteiger partial charge on any atom is 0.416 e. The molecule has 4 aromatic rings. The molecule has 1 fully saturated rings.